The van der Waals surface area contributed by atoms with Crippen LogP contribution < -0.4 is 10.6 Å². The van der Waals surface area contributed by atoms with Crippen molar-refractivity contribution < 1.29 is 9.32 Å². The van der Waals surface area contributed by atoms with Crippen LogP contribution in [0.5, 0.6) is 0 Å². The van der Waals surface area contributed by atoms with Crippen LogP contribution in [-0.4, -0.2) is 31.8 Å². The summed E-state index contributed by atoms with van der Waals surface area (Å²) >= 11 is 0. The van der Waals surface area contributed by atoms with Crippen molar-refractivity contribution in [2.45, 2.75) is 27.7 Å². The number of aryl methyl sites for hydroxylation is 2. The van der Waals surface area contributed by atoms with Gasteiger partial charge in [0.15, 0.2) is 6.29 Å². The topological polar surface area (TPSA) is 26.3 Å². The van der Waals surface area contributed by atoms with Crippen LogP contribution in [0.2, 0.25) is 0 Å². The zero-order valence-electron chi connectivity index (χ0n) is 13.7. The molecule has 0 aliphatic heterocycles. The molecule has 0 saturated heterocycles. The molecular weight excluding hydrogens is 298 g/mol. The number of hydrogen-bond acceptors (Lipinski definition) is 2. The molecule has 118 valence electrons. The van der Waals surface area contributed by atoms with Crippen LogP contribution in [0.4, 0.5) is 0 Å². The van der Waals surface area contributed by atoms with E-state index in [1.165, 1.54) is 10.6 Å². The van der Waals surface area contributed by atoms with E-state index in [-0.39, 0.29) is 18.9 Å². The maximum atomic E-state index is 11.2. The van der Waals surface area contributed by atoms with E-state index >= 15 is 0 Å². The molecule has 0 N–H and O–H groups in total. The molecule has 1 unspecified atom stereocenters. The van der Waals surface area contributed by atoms with Gasteiger partial charge in [0.1, 0.15) is 0 Å². The summed E-state index contributed by atoms with van der Waals surface area (Å²) in [4.78, 5) is 11.2. The average molecular weight is 322 g/mol. The molecule has 0 aliphatic rings. The van der Waals surface area contributed by atoms with E-state index in [0.29, 0.717) is 5.92 Å². The monoisotopic (exact) mass is 322 g/mol. The first-order chi connectivity index (χ1) is 10.5. The molecule has 0 aliphatic carbocycles. The molecule has 0 amide bonds. The third-order valence-electron chi connectivity index (χ3n) is 3.46. The Balaban J connectivity index is 0.00000264. The molecule has 23 heavy (non-hydrogen) atoms. The molecule has 0 heterocycles. The van der Waals surface area contributed by atoms with Crippen LogP contribution in [-0.2, 0) is 4.52 Å². The van der Waals surface area contributed by atoms with Crippen LogP contribution in [0.3, 0.4) is 0 Å². The van der Waals surface area contributed by atoms with Crippen LogP contribution >= 0.6 is 8.15 Å². The van der Waals surface area contributed by atoms with Gasteiger partial charge >= 0.3 is 18.9 Å². The molecule has 2 nitrogen and oxygen atoms in total. The van der Waals surface area contributed by atoms with Crippen LogP contribution in [0.15, 0.2) is 42.5 Å². The van der Waals surface area contributed by atoms with Crippen molar-refractivity contribution in [2.24, 2.45) is 5.92 Å². The molecule has 0 radical (unpaired) electrons. The van der Waals surface area contributed by atoms with Crippen molar-refractivity contribution in [1.82, 2.24) is 0 Å². The van der Waals surface area contributed by atoms with Crippen LogP contribution in [0.1, 0.15) is 35.3 Å². The molecule has 2 aromatic rings. The van der Waals surface area contributed by atoms with Gasteiger partial charge < -0.3 is 4.52 Å². The predicted molar refractivity (Wildman–Crippen MR) is 102 cm³/mol. The van der Waals surface area contributed by atoms with E-state index in [2.05, 4.69) is 38.1 Å². The first-order valence-electron chi connectivity index (χ1n) is 7.57. The van der Waals surface area contributed by atoms with Gasteiger partial charge in [-0.05, 0) is 43.0 Å². The van der Waals surface area contributed by atoms with Gasteiger partial charge in [-0.3, -0.25) is 4.79 Å². The Kier molecular flexibility index (Phi) is 8.24. The fourth-order valence-corrected chi connectivity index (χ4v) is 4.45. The zero-order chi connectivity index (χ0) is 16.1. The molecule has 1 atom stereocenters. The van der Waals surface area contributed by atoms with Gasteiger partial charge in [-0.15, -0.1) is 0 Å². The van der Waals surface area contributed by atoms with E-state index in [1.807, 2.05) is 32.0 Å². The Morgan fingerprint density at radius 2 is 1.61 bits per heavy atom. The Bertz CT molecular complexity index is 618. The summed E-state index contributed by atoms with van der Waals surface area (Å²) in [6.45, 7) is 9.02. The average Bonchev–Trinajstić information content (AvgIpc) is 2.48. The van der Waals surface area contributed by atoms with E-state index in [1.54, 1.807) is 0 Å². The number of carbonyl (C=O) groups excluding carboxylic acids is 1. The van der Waals surface area contributed by atoms with Gasteiger partial charge in [-0.25, -0.2) is 0 Å². The van der Waals surface area contributed by atoms with Crippen molar-refractivity contribution in [3.63, 3.8) is 0 Å². The van der Waals surface area contributed by atoms with E-state index in [0.717, 1.165) is 29.6 Å². The minimum atomic E-state index is -0.849. The Labute approximate surface area is 152 Å². The number of carbonyl (C=O) groups is 1. The van der Waals surface area contributed by atoms with E-state index in [9.17, 15) is 4.79 Å². The zero-order valence-corrected chi connectivity index (χ0v) is 14.6. The van der Waals surface area contributed by atoms with Gasteiger partial charge in [-0.1, -0.05) is 44.2 Å². The normalized spacial score (nSPS) is 11.9. The van der Waals surface area contributed by atoms with Crippen molar-refractivity contribution in [1.29, 1.82) is 0 Å². The molecule has 0 bridgehead atoms. The van der Waals surface area contributed by atoms with Gasteiger partial charge in [0.2, 0.25) is 0 Å². The molecule has 4 heteroatoms. The Morgan fingerprint density at radius 1 is 1.04 bits per heavy atom. The minimum absolute atomic E-state index is 0. The first-order valence-corrected chi connectivity index (χ1v) is 8.83. The predicted octanol–water partition coefficient (Wildman–Crippen LogP) is 3.49. The standard InChI is InChI=1S/C19H23O2P.Li.H/c1-14(2)13-21-22(17-8-6-5-7-9-17)18-10-15(3)19(12-20)16(4)11-18;;/h5-12,14H,13H2,1-4H3;;. The number of aldehydes is 1. The SMILES string of the molecule is Cc1cc(P(OCC(C)C)c2ccccc2)cc(C)c1C=O.[LiH]. The molecule has 0 aromatic heterocycles. The second-order valence-corrected chi connectivity index (χ2v) is 7.81. The quantitative estimate of drug-likeness (QED) is 0.462. The maximum absolute atomic E-state index is 11.2. The van der Waals surface area contributed by atoms with E-state index in [4.69, 9.17) is 4.52 Å². The summed E-state index contributed by atoms with van der Waals surface area (Å²) in [5.74, 6) is 0.491. The summed E-state index contributed by atoms with van der Waals surface area (Å²) in [5.41, 5.74) is 2.82. The van der Waals surface area contributed by atoms with Gasteiger partial charge in [-0.2, -0.15) is 0 Å². The van der Waals surface area contributed by atoms with Crippen molar-refractivity contribution in [3.05, 3.63) is 59.2 Å². The fourth-order valence-electron chi connectivity index (χ4n) is 2.34. The van der Waals surface area contributed by atoms with Gasteiger partial charge in [0.05, 0.1) is 14.8 Å². The molecule has 2 rings (SSSR count). The molecule has 0 saturated carbocycles. The Morgan fingerprint density at radius 3 is 2.09 bits per heavy atom. The second kappa shape index (κ2) is 9.41. The van der Waals surface area contributed by atoms with Crippen LogP contribution in [0, 0.1) is 19.8 Å². The van der Waals surface area contributed by atoms with E-state index < -0.39 is 8.15 Å². The second-order valence-electron chi connectivity index (χ2n) is 5.93. The van der Waals surface area contributed by atoms with Crippen LogP contribution in [0.25, 0.3) is 0 Å². The van der Waals surface area contributed by atoms with Gasteiger partial charge in [0, 0.05) is 16.2 Å². The van der Waals surface area contributed by atoms with Gasteiger partial charge in [0.25, 0.3) is 0 Å². The molecule has 0 spiro atoms. The number of rotatable bonds is 6. The van der Waals surface area contributed by atoms with Crippen molar-refractivity contribution in [2.75, 3.05) is 6.61 Å². The Hall–Kier alpha value is -0.903. The third-order valence-corrected chi connectivity index (χ3v) is 5.36. The summed E-state index contributed by atoms with van der Waals surface area (Å²) in [7, 11) is -0.849. The summed E-state index contributed by atoms with van der Waals surface area (Å²) in [5, 5.41) is 2.37. The first kappa shape index (κ1) is 20.1. The van der Waals surface area contributed by atoms with Crippen molar-refractivity contribution >= 4 is 43.9 Å². The molecule has 0 fully saturated rings. The van der Waals surface area contributed by atoms with Crippen molar-refractivity contribution in [3.8, 4) is 0 Å². The number of hydrogen-bond donors (Lipinski definition) is 0. The third kappa shape index (κ3) is 5.30. The molecular formula is C19H24LiO2P. The fraction of sp³-hybridized carbons (Fsp3) is 0.316. The summed E-state index contributed by atoms with van der Waals surface area (Å²) in [6, 6.07) is 14.5. The molecule has 2 aromatic carbocycles. The number of benzene rings is 2. The summed E-state index contributed by atoms with van der Waals surface area (Å²) in [6.07, 6.45) is 0.939. The summed E-state index contributed by atoms with van der Waals surface area (Å²) < 4.78 is 6.24.